The van der Waals surface area contributed by atoms with E-state index in [-0.39, 0.29) is 6.04 Å². The lowest BCUT2D eigenvalue weighted by atomic mass is 10.2. The van der Waals surface area contributed by atoms with Gasteiger partial charge >= 0.3 is 0 Å². The topological polar surface area (TPSA) is 61.1 Å². The highest BCUT2D eigenvalue weighted by atomic mass is 32.2. The van der Waals surface area contributed by atoms with Crippen LogP contribution in [0.1, 0.15) is 19.9 Å². The molecule has 0 radical (unpaired) electrons. The van der Waals surface area contributed by atoms with E-state index in [9.17, 15) is 13.0 Å². The molecule has 0 amide bonds. The van der Waals surface area contributed by atoms with Gasteiger partial charge in [0.1, 0.15) is 15.4 Å². The largest absolute Gasteiger partial charge is 0.748 e. The molecule has 0 aliphatic heterocycles. The highest BCUT2D eigenvalue weighted by Gasteiger charge is 2.25. The third-order valence-corrected chi connectivity index (χ3v) is 3.65. The molecule has 4 nitrogen and oxygen atoms in total. The standard InChI is InChI=1S/C9H13NO3S/c1-8(9(2)14(11,12)13)10-6-4-3-5-7-10/h3-9H,1-2H3. The van der Waals surface area contributed by atoms with Gasteiger partial charge in [-0.05, 0) is 13.8 Å². The summed E-state index contributed by atoms with van der Waals surface area (Å²) in [5, 5.41) is -0.921. The van der Waals surface area contributed by atoms with Crippen LogP contribution in [0.15, 0.2) is 30.6 Å². The van der Waals surface area contributed by atoms with Crippen molar-refractivity contribution < 1.29 is 17.5 Å². The second-order valence-corrected chi connectivity index (χ2v) is 4.99. The first-order valence-electron chi connectivity index (χ1n) is 4.33. The van der Waals surface area contributed by atoms with Crippen LogP contribution >= 0.6 is 0 Å². The third-order valence-electron chi connectivity index (χ3n) is 2.34. The first kappa shape index (κ1) is 11.1. The zero-order valence-electron chi connectivity index (χ0n) is 8.12. The quantitative estimate of drug-likeness (QED) is 0.544. The van der Waals surface area contributed by atoms with Crippen molar-refractivity contribution in [3.05, 3.63) is 30.6 Å². The Morgan fingerprint density at radius 3 is 2.07 bits per heavy atom. The van der Waals surface area contributed by atoms with Gasteiger partial charge in [0.15, 0.2) is 18.4 Å². The van der Waals surface area contributed by atoms with Gasteiger partial charge in [0.2, 0.25) is 0 Å². The molecule has 0 fully saturated rings. The Kier molecular flexibility index (Phi) is 3.23. The molecule has 14 heavy (non-hydrogen) atoms. The number of aromatic nitrogens is 1. The van der Waals surface area contributed by atoms with E-state index in [1.165, 1.54) is 6.92 Å². The molecule has 78 valence electrons. The van der Waals surface area contributed by atoms with Crippen molar-refractivity contribution in [1.82, 2.24) is 0 Å². The van der Waals surface area contributed by atoms with Crippen LogP contribution in [0.2, 0.25) is 0 Å². The molecule has 0 N–H and O–H groups in total. The maximum Gasteiger partial charge on any atom is 0.170 e. The van der Waals surface area contributed by atoms with Gasteiger partial charge in [0.05, 0.1) is 0 Å². The molecule has 2 atom stereocenters. The Morgan fingerprint density at radius 2 is 1.64 bits per heavy atom. The molecule has 5 heteroatoms. The molecule has 0 saturated carbocycles. The molecule has 0 aliphatic rings. The van der Waals surface area contributed by atoms with Gasteiger partial charge in [-0.25, -0.2) is 13.0 Å². The second-order valence-electron chi connectivity index (χ2n) is 3.26. The van der Waals surface area contributed by atoms with Crippen molar-refractivity contribution in [2.75, 3.05) is 0 Å². The van der Waals surface area contributed by atoms with Gasteiger partial charge in [-0.1, -0.05) is 6.07 Å². The van der Waals surface area contributed by atoms with Crippen LogP contribution in [-0.4, -0.2) is 18.2 Å². The zero-order chi connectivity index (χ0) is 10.8. The number of pyridine rings is 1. The molecule has 0 aromatic carbocycles. The summed E-state index contributed by atoms with van der Waals surface area (Å²) < 4.78 is 34.0. The maximum atomic E-state index is 10.8. The van der Waals surface area contributed by atoms with Crippen LogP contribution in [0.4, 0.5) is 0 Å². The van der Waals surface area contributed by atoms with Gasteiger partial charge < -0.3 is 4.55 Å². The van der Waals surface area contributed by atoms with Crippen molar-refractivity contribution in [3.63, 3.8) is 0 Å². The molecular formula is C9H13NO3S. The molecule has 0 aliphatic carbocycles. The fourth-order valence-electron chi connectivity index (χ4n) is 1.17. The van der Waals surface area contributed by atoms with Crippen molar-refractivity contribution in [3.8, 4) is 0 Å². The third kappa shape index (κ3) is 2.52. The molecule has 1 rings (SSSR count). The molecule has 2 unspecified atom stereocenters. The van der Waals surface area contributed by atoms with Gasteiger partial charge in [0.25, 0.3) is 0 Å². The number of nitrogens with zero attached hydrogens (tertiary/aromatic N) is 1. The van der Waals surface area contributed by atoms with Crippen LogP contribution in [0.3, 0.4) is 0 Å². The summed E-state index contributed by atoms with van der Waals surface area (Å²) in [6.07, 6.45) is 3.48. The highest BCUT2D eigenvalue weighted by Crippen LogP contribution is 2.10. The monoisotopic (exact) mass is 215 g/mol. The molecule has 1 aromatic heterocycles. The Hall–Kier alpha value is -0.940. The van der Waals surface area contributed by atoms with Crippen LogP contribution in [0.5, 0.6) is 0 Å². The lowest BCUT2D eigenvalue weighted by molar-refractivity contribution is -0.718. The Morgan fingerprint density at radius 1 is 1.14 bits per heavy atom. The van der Waals surface area contributed by atoms with Crippen molar-refractivity contribution in [2.45, 2.75) is 25.1 Å². The van der Waals surface area contributed by atoms with Gasteiger partial charge in [0, 0.05) is 12.1 Å². The van der Waals surface area contributed by atoms with E-state index in [1.54, 1.807) is 36.0 Å². The summed E-state index contributed by atoms with van der Waals surface area (Å²) in [4.78, 5) is 0. The molecular weight excluding hydrogens is 202 g/mol. The van der Waals surface area contributed by atoms with E-state index in [2.05, 4.69) is 0 Å². The average Bonchev–Trinajstić information content (AvgIpc) is 2.15. The SMILES string of the molecule is CC(C(C)S(=O)(=O)[O-])[n+]1ccccc1. The van der Waals surface area contributed by atoms with Crippen molar-refractivity contribution in [1.29, 1.82) is 0 Å². The van der Waals surface area contributed by atoms with Crippen molar-refractivity contribution in [2.24, 2.45) is 0 Å². The van der Waals surface area contributed by atoms with Crippen LogP contribution < -0.4 is 4.57 Å². The molecule has 0 saturated heterocycles. The fourth-order valence-corrected chi connectivity index (χ4v) is 1.79. The predicted molar refractivity (Wildman–Crippen MR) is 50.5 cm³/mol. The van der Waals surface area contributed by atoms with Crippen LogP contribution in [-0.2, 0) is 10.1 Å². The van der Waals surface area contributed by atoms with E-state index < -0.39 is 15.4 Å². The minimum Gasteiger partial charge on any atom is -0.748 e. The summed E-state index contributed by atoms with van der Waals surface area (Å²) in [6, 6.07) is 5.07. The summed E-state index contributed by atoms with van der Waals surface area (Å²) in [6.45, 7) is 3.13. The Balaban J connectivity index is 2.92. The van der Waals surface area contributed by atoms with E-state index >= 15 is 0 Å². The molecule has 0 spiro atoms. The highest BCUT2D eigenvalue weighted by molar-refractivity contribution is 7.86. The second kappa shape index (κ2) is 4.06. The van der Waals surface area contributed by atoms with Gasteiger partial charge in [-0.15, -0.1) is 0 Å². The lowest BCUT2D eigenvalue weighted by Gasteiger charge is -2.18. The summed E-state index contributed by atoms with van der Waals surface area (Å²) in [5.74, 6) is 0. The minimum absolute atomic E-state index is 0.348. The van der Waals surface area contributed by atoms with E-state index in [0.29, 0.717) is 0 Å². The zero-order valence-corrected chi connectivity index (χ0v) is 8.94. The summed E-state index contributed by atoms with van der Waals surface area (Å²) >= 11 is 0. The van der Waals surface area contributed by atoms with E-state index in [0.717, 1.165) is 0 Å². The van der Waals surface area contributed by atoms with Crippen molar-refractivity contribution >= 4 is 10.1 Å². The Labute approximate surface area is 83.9 Å². The number of hydrogen-bond donors (Lipinski definition) is 0. The average molecular weight is 215 g/mol. The number of rotatable bonds is 3. The molecule has 1 aromatic rings. The lowest BCUT2D eigenvalue weighted by Crippen LogP contribution is -2.45. The van der Waals surface area contributed by atoms with E-state index in [4.69, 9.17) is 0 Å². The fraction of sp³-hybridized carbons (Fsp3) is 0.444. The first-order chi connectivity index (χ1) is 6.43. The van der Waals surface area contributed by atoms with Gasteiger partial charge in [-0.2, -0.15) is 0 Å². The molecule has 1 heterocycles. The van der Waals surface area contributed by atoms with E-state index in [1.807, 2.05) is 6.07 Å². The predicted octanol–water partition coefficient (Wildman–Crippen LogP) is 0.469. The summed E-state index contributed by atoms with van der Waals surface area (Å²) in [7, 11) is -4.22. The normalized spacial score (nSPS) is 16.2. The summed E-state index contributed by atoms with van der Waals surface area (Å²) in [5.41, 5.74) is 0. The van der Waals surface area contributed by atoms with Gasteiger partial charge in [-0.3, -0.25) is 0 Å². The van der Waals surface area contributed by atoms with Crippen LogP contribution in [0.25, 0.3) is 0 Å². The smallest absolute Gasteiger partial charge is 0.170 e. The van der Waals surface area contributed by atoms with Crippen LogP contribution in [0, 0.1) is 0 Å². The molecule has 0 bridgehead atoms. The minimum atomic E-state index is -4.22. The Bertz CT molecular complexity index is 388. The maximum absolute atomic E-state index is 10.8. The number of hydrogen-bond acceptors (Lipinski definition) is 3. The first-order valence-corrected chi connectivity index (χ1v) is 5.80.